The summed E-state index contributed by atoms with van der Waals surface area (Å²) in [6, 6.07) is 19.5. The molecule has 7 nitrogen and oxygen atoms in total. The summed E-state index contributed by atoms with van der Waals surface area (Å²) in [7, 11) is 1.65. The van der Waals surface area contributed by atoms with Crippen LogP contribution in [0.4, 0.5) is 0 Å². The van der Waals surface area contributed by atoms with Crippen molar-refractivity contribution in [2.45, 2.75) is 19.8 Å². The number of carbonyl (C=O) groups excluding carboxylic acids is 2. The third kappa shape index (κ3) is 4.88. The number of benzene rings is 2. The quantitative estimate of drug-likeness (QED) is 0.357. The Bertz CT molecular complexity index is 1400. The predicted molar refractivity (Wildman–Crippen MR) is 138 cm³/mol. The molecule has 0 saturated carbocycles. The predicted octanol–water partition coefficient (Wildman–Crippen LogP) is 4.67. The second kappa shape index (κ2) is 10.3. The van der Waals surface area contributed by atoms with E-state index >= 15 is 0 Å². The Morgan fingerprint density at radius 2 is 1.72 bits per heavy atom. The number of carbonyl (C=O) groups is 2. The SMILES string of the molecule is COc1cccc(-c2nc3ccc(-c4ccc(C(C)=O)cc4)cn3c2CCC(=O)N2CCOCC2)c1. The van der Waals surface area contributed by atoms with E-state index in [0.717, 1.165) is 39.5 Å². The van der Waals surface area contributed by atoms with Gasteiger partial charge in [-0.1, -0.05) is 36.4 Å². The minimum absolute atomic E-state index is 0.0433. The Hall–Kier alpha value is -3.97. The summed E-state index contributed by atoms with van der Waals surface area (Å²) in [4.78, 5) is 31.4. The van der Waals surface area contributed by atoms with Crippen molar-refractivity contribution in [3.8, 4) is 28.1 Å². The van der Waals surface area contributed by atoms with Gasteiger partial charge in [-0.3, -0.25) is 9.59 Å². The Balaban J connectivity index is 1.54. The number of hydrogen-bond donors (Lipinski definition) is 0. The van der Waals surface area contributed by atoms with Gasteiger partial charge in [0.1, 0.15) is 11.4 Å². The smallest absolute Gasteiger partial charge is 0.223 e. The first kappa shape index (κ1) is 23.8. The number of fused-ring (bicyclic) bond motifs is 1. The Morgan fingerprint density at radius 3 is 2.44 bits per heavy atom. The molecule has 1 saturated heterocycles. The molecule has 7 heteroatoms. The fourth-order valence-electron chi connectivity index (χ4n) is 4.60. The lowest BCUT2D eigenvalue weighted by Crippen LogP contribution is -2.40. The van der Waals surface area contributed by atoms with E-state index in [1.807, 2.05) is 65.6 Å². The summed E-state index contributed by atoms with van der Waals surface area (Å²) >= 11 is 0. The third-order valence-corrected chi connectivity index (χ3v) is 6.62. The molecule has 4 aromatic rings. The van der Waals surface area contributed by atoms with Crippen LogP contribution in [-0.2, 0) is 16.0 Å². The first-order valence-corrected chi connectivity index (χ1v) is 12.2. The molecule has 0 N–H and O–H groups in total. The fourth-order valence-corrected chi connectivity index (χ4v) is 4.60. The van der Waals surface area contributed by atoms with E-state index in [0.29, 0.717) is 44.7 Å². The molecule has 0 unspecified atom stereocenters. The molecule has 0 aliphatic carbocycles. The van der Waals surface area contributed by atoms with Gasteiger partial charge in [-0.2, -0.15) is 0 Å². The zero-order valence-corrected chi connectivity index (χ0v) is 20.6. The number of nitrogens with zero attached hydrogens (tertiary/aromatic N) is 3. The van der Waals surface area contributed by atoms with Gasteiger partial charge in [0.15, 0.2) is 5.78 Å². The van der Waals surface area contributed by atoms with Gasteiger partial charge in [-0.05, 0) is 48.7 Å². The molecule has 1 amide bonds. The second-order valence-corrected chi connectivity index (χ2v) is 8.91. The van der Waals surface area contributed by atoms with E-state index in [2.05, 4.69) is 10.6 Å². The molecule has 0 radical (unpaired) electrons. The zero-order chi connectivity index (χ0) is 25.1. The molecule has 1 fully saturated rings. The number of morpholine rings is 1. The zero-order valence-electron chi connectivity index (χ0n) is 20.6. The van der Waals surface area contributed by atoms with E-state index in [4.69, 9.17) is 14.5 Å². The first-order chi connectivity index (χ1) is 17.5. The largest absolute Gasteiger partial charge is 0.497 e. The Kier molecular flexibility index (Phi) is 6.82. The minimum Gasteiger partial charge on any atom is -0.497 e. The van der Waals surface area contributed by atoms with Gasteiger partial charge in [0.05, 0.1) is 31.7 Å². The highest BCUT2D eigenvalue weighted by Gasteiger charge is 2.20. The minimum atomic E-state index is 0.0433. The van der Waals surface area contributed by atoms with Crippen LogP contribution in [0.3, 0.4) is 0 Å². The molecule has 2 aromatic heterocycles. The number of amides is 1. The molecule has 36 heavy (non-hydrogen) atoms. The average Bonchev–Trinajstić information content (AvgIpc) is 3.30. The van der Waals surface area contributed by atoms with Gasteiger partial charge in [0.2, 0.25) is 5.91 Å². The van der Waals surface area contributed by atoms with Gasteiger partial charge in [-0.15, -0.1) is 0 Å². The molecule has 184 valence electrons. The topological polar surface area (TPSA) is 73.1 Å². The number of pyridine rings is 1. The van der Waals surface area contributed by atoms with Crippen LogP contribution in [0.25, 0.3) is 28.0 Å². The van der Waals surface area contributed by atoms with E-state index in [9.17, 15) is 9.59 Å². The van der Waals surface area contributed by atoms with E-state index in [1.54, 1.807) is 14.0 Å². The van der Waals surface area contributed by atoms with Gasteiger partial charge in [0, 0.05) is 36.8 Å². The monoisotopic (exact) mass is 483 g/mol. The maximum atomic E-state index is 12.9. The van der Waals surface area contributed by atoms with Crippen molar-refractivity contribution in [3.05, 3.63) is 78.1 Å². The Labute approximate surface area is 210 Å². The van der Waals surface area contributed by atoms with Crippen LogP contribution in [0.2, 0.25) is 0 Å². The van der Waals surface area contributed by atoms with E-state index in [-0.39, 0.29) is 11.7 Å². The third-order valence-electron chi connectivity index (χ3n) is 6.62. The number of hydrogen-bond acceptors (Lipinski definition) is 5. The maximum Gasteiger partial charge on any atom is 0.223 e. The number of aromatic nitrogens is 2. The van der Waals surface area contributed by atoms with E-state index in [1.165, 1.54) is 0 Å². The van der Waals surface area contributed by atoms with Gasteiger partial charge >= 0.3 is 0 Å². The molecule has 3 heterocycles. The van der Waals surface area contributed by atoms with E-state index < -0.39 is 0 Å². The molecule has 1 aliphatic heterocycles. The number of rotatable bonds is 7. The number of Topliss-reactive ketones (excluding diaryl/α,β-unsaturated/α-hetero) is 1. The number of ketones is 1. The van der Waals surface area contributed by atoms with Crippen molar-refractivity contribution in [1.82, 2.24) is 14.3 Å². The first-order valence-electron chi connectivity index (χ1n) is 12.2. The number of aryl methyl sites for hydroxylation is 1. The van der Waals surface area contributed by atoms with Crippen LogP contribution in [-0.4, -0.2) is 59.4 Å². The van der Waals surface area contributed by atoms with Crippen molar-refractivity contribution in [3.63, 3.8) is 0 Å². The van der Waals surface area contributed by atoms with Crippen LogP contribution >= 0.6 is 0 Å². The summed E-state index contributed by atoms with van der Waals surface area (Å²) in [5, 5.41) is 0. The highest BCUT2D eigenvalue weighted by atomic mass is 16.5. The normalized spacial score (nSPS) is 13.7. The summed E-state index contributed by atoms with van der Waals surface area (Å²) in [6.07, 6.45) is 3.00. The lowest BCUT2D eigenvalue weighted by atomic mass is 10.0. The number of ether oxygens (including phenoxy) is 2. The van der Waals surface area contributed by atoms with Gasteiger partial charge in [0.25, 0.3) is 0 Å². The fraction of sp³-hybridized carbons (Fsp3) is 0.276. The average molecular weight is 484 g/mol. The second-order valence-electron chi connectivity index (χ2n) is 8.91. The Morgan fingerprint density at radius 1 is 0.972 bits per heavy atom. The molecule has 1 aliphatic rings. The van der Waals surface area contributed by atoms with Crippen molar-refractivity contribution in [1.29, 1.82) is 0 Å². The van der Waals surface area contributed by atoms with Gasteiger partial charge < -0.3 is 18.8 Å². The lowest BCUT2D eigenvalue weighted by Gasteiger charge is -2.26. The molecule has 5 rings (SSSR count). The molecule has 0 bridgehead atoms. The lowest BCUT2D eigenvalue weighted by molar-refractivity contribution is -0.135. The highest BCUT2D eigenvalue weighted by Crippen LogP contribution is 2.30. The number of methoxy groups -OCH3 is 1. The van der Waals surface area contributed by atoms with Gasteiger partial charge in [-0.25, -0.2) is 4.98 Å². The molecule has 0 atom stereocenters. The summed E-state index contributed by atoms with van der Waals surface area (Å²) in [6.45, 7) is 4.01. The summed E-state index contributed by atoms with van der Waals surface area (Å²) in [5.41, 5.74) is 6.27. The van der Waals surface area contributed by atoms with Crippen LogP contribution in [0.5, 0.6) is 5.75 Å². The van der Waals surface area contributed by atoms with Crippen molar-refractivity contribution < 1.29 is 19.1 Å². The highest BCUT2D eigenvalue weighted by molar-refractivity contribution is 5.94. The van der Waals surface area contributed by atoms with Crippen LogP contribution in [0.15, 0.2) is 66.9 Å². The van der Waals surface area contributed by atoms with Crippen LogP contribution in [0, 0.1) is 0 Å². The summed E-state index contributed by atoms with van der Waals surface area (Å²) in [5.74, 6) is 0.925. The molecule has 0 spiro atoms. The van der Waals surface area contributed by atoms with Crippen molar-refractivity contribution in [2.75, 3.05) is 33.4 Å². The van der Waals surface area contributed by atoms with Crippen molar-refractivity contribution >= 4 is 17.3 Å². The molecular formula is C29H29N3O4. The van der Waals surface area contributed by atoms with Crippen molar-refractivity contribution in [2.24, 2.45) is 0 Å². The molecule has 2 aromatic carbocycles. The van der Waals surface area contributed by atoms with Crippen LogP contribution < -0.4 is 4.74 Å². The van der Waals surface area contributed by atoms with Crippen LogP contribution in [0.1, 0.15) is 29.4 Å². The summed E-state index contributed by atoms with van der Waals surface area (Å²) < 4.78 is 12.9. The molecular weight excluding hydrogens is 454 g/mol. The number of imidazole rings is 1. The standard InChI is InChI=1S/C29H29N3O4/c1-20(33)21-6-8-22(9-7-21)24-10-12-27-30-29(23-4-3-5-25(18-23)35-2)26(32(27)19-24)11-13-28(34)31-14-16-36-17-15-31/h3-10,12,18-19H,11,13-17H2,1-2H3. The maximum absolute atomic E-state index is 12.9.